The summed E-state index contributed by atoms with van der Waals surface area (Å²) in [5, 5.41) is 4.99. The lowest BCUT2D eigenvalue weighted by Gasteiger charge is -2.22. The molecule has 4 nitrogen and oxygen atoms in total. The van der Waals surface area contributed by atoms with Crippen LogP contribution in [0.25, 0.3) is 0 Å². The molecule has 0 saturated heterocycles. The highest BCUT2D eigenvalue weighted by Gasteiger charge is 2.53. The van der Waals surface area contributed by atoms with Gasteiger partial charge in [0.15, 0.2) is 0 Å². The zero-order valence-electron chi connectivity index (χ0n) is 11.3. The number of nitrogens with one attached hydrogen (secondary N) is 1. The van der Waals surface area contributed by atoms with E-state index in [1.807, 2.05) is 0 Å². The Morgan fingerprint density at radius 3 is 2.50 bits per heavy atom. The first-order valence-corrected chi connectivity index (χ1v) is 6.41. The van der Waals surface area contributed by atoms with Crippen LogP contribution in [0, 0.1) is 0 Å². The zero-order valence-corrected chi connectivity index (χ0v) is 11.3. The monoisotopic (exact) mass is 250 g/mol. The topological polar surface area (TPSA) is 33.7 Å². The van der Waals surface area contributed by atoms with E-state index in [-0.39, 0.29) is 5.54 Å². The van der Waals surface area contributed by atoms with Gasteiger partial charge >= 0.3 is 0 Å². The van der Waals surface area contributed by atoms with Crippen LogP contribution in [0.5, 0.6) is 0 Å². The van der Waals surface area contributed by atoms with Crippen molar-refractivity contribution in [1.82, 2.24) is 10.5 Å². The molecule has 0 spiro atoms. The van der Waals surface area contributed by atoms with Crippen molar-refractivity contribution in [2.45, 2.75) is 31.2 Å². The second-order valence-electron chi connectivity index (χ2n) is 4.71. The van der Waals surface area contributed by atoms with E-state index in [2.05, 4.69) is 42.6 Å². The van der Waals surface area contributed by atoms with Gasteiger partial charge in [-0.15, -0.1) is 0 Å². The number of hydrogen-bond donors (Lipinski definition) is 1. The van der Waals surface area contributed by atoms with Gasteiger partial charge < -0.3 is 0 Å². The highest BCUT2D eigenvalue weighted by molar-refractivity contribution is 5.33. The van der Waals surface area contributed by atoms with E-state index in [1.54, 1.807) is 14.2 Å². The van der Waals surface area contributed by atoms with Gasteiger partial charge in [-0.25, -0.2) is 0 Å². The minimum Gasteiger partial charge on any atom is -0.294 e. The number of benzene rings is 1. The van der Waals surface area contributed by atoms with Crippen molar-refractivity contribution in [3.05, 3.63) is 35.9 Å². The fraction of sp³-hybridized carbons (Fsp3) is 0.571. The first-order valence-electron chi connectivity index (χ1n) is 6.41. The minimum absolute atomic E-state index is 0.191. The molecule has 1 N–H and O–H groups in total. The van der Waals surface area contributed by atoms with Gasteiger partial charge in [0.2, 0.25) is 0 Å². The van der Waals surface area contributed by atoms with Crippen LogP contribution in [-0.2, 0) is 9.68 Å². The molecule has 0 radical (unpaired) electrons. The van der Waals surface area contributed by atoms with E-state index in [0.717, 1.165) is 6.42 Å². The van der Waals surface area contributed by atoms with Crippen LogP contribution >= 0.6 is 0 Å². The standard InChI is InChI=1S/C14H22N2O2/c1-4-14(15-11-16(17-2)18-3)10-13(14)12-8-6-5-7-9-12/h5-9,13,15H,4,10-11H2,1-3H3. The van der Waals surface area contributed by atoms with E-state index in [0.29, 0.717) is 12.6 Å². The van der Waals surface area contributed by atoms with Gasteiger partial charge in [0, 0.05) is 11.5 Å². The summed E-state index contributed by atoms with van der Waals surface area (Å²) in [6.45, 7) is 2.80. The third kappa shape index (κ3) is 2.72. The molecule has 1 aromatic carbocycles. The van der Waals surface area contributed by atoms with E-state index < -0.39 is 0 Å². The molecule has 100 valence electrons. The highest BCUT2D eigenvalue weighted by Crippen LogP contribution is 2.53. The van der Waals surface area contributed by atoms with Crippen molar-refractivity contribution in [3.63, 3.8) is 0 Å². The maximum absolute atomic E-state index is 5.06. The fourth-order valence-electron chi connectivity index (χ4n) is 2.56. The average molecular weight is 250 g/mol. The Morgan fingerprint density at radius 2 is 1.94 bits per heavy atom. The Kier molecular flexibility index (Phi) is 4.35. The maximum Gasteiger partial charge on any atom is 0.102 e. The Labute approximate surface area is 109 Å². The molecule has 2 unspecified atom stereocenters. The number of nitrogens with zero attached hydrogens (tertiary/aromatic N) is 1. The molecular formula is C14H22N2O2. The molecule has 0 aromatic heterocycles. The second kappa shape index (κ2) is 5.80. The molecule has 1 aliphatic carbocycles. The molecule has 1 aromatic rings. The summed E-state index contributed by atoms with van der Waals surface area (Å²) in [6.07, 6.45) is 2.28. The zero-order chi connectivity index (χ0) is 13.0. The maximum atomic E-state index is 5.06. The fourth-order valence-corrected chi connectivity index (χ4v) is 2.56. The van der Waals surface area contributed by atoms with Crippen LogP contribution in [0.15, 0.2) is 30.3 Å². The largest absolute Gasteiger partial charge is 0.294 e. The summed E-state index contributed by atoms with van der Waals surface area (Å²) >= 11 is 0. The van der Waals surface area contributed by atoms with Gasteiger partial charge in [-0.05, 0) is 18.4 Å². The lowest BCUT2D eigenvalue weighted by atomic mass is 10.0. The van der Waals surface area contributed by atoms with Gasteiger partial charge in [0.25, 0.3) is 0 Å². The number of hydroxylamine groups is 2. The van der Waals surface area contributed by atoms with Gasteiger partial charge in [0.05, 0.1) is 14.2 Å². The van der Waals surface area contributed by atoms with Crippen LogP contribution < -0.4 is 5.32 Å². The molecule has 0 amide bonds. The summed E-state index contributed by atoms with van der Waals surface area (Å²) in [7, 11) is 3.21. The molecule has 1 aliphatic rings. The van der Waals surface area contributed by atoms with Crippen LogP contribution in [0.1, 0.15) is 31.2 Å². The van der Waals surface area contributed by atoms with Gasteiger partial charge in [-0.2, -0.15) is 0 Å². The minimum atomic E-state index is 0.191. The Morgan fingerprint density at radius 1 is 1.28 bits per heavy atom. The molecule has 1 fully saturated rings. The molecule has 0 aliphatic heterocycles. The van der Waals surface area contributed by atoms with E-state index in [9.17, 15) is 0 Å². The molecule has 2 atom stereocenters. The summed E-state index contributed by atoms with van der Waals surface area (Å²) in [6, 6.07) is 10.7. The van der Waals surface area contributed by atoms with Gasteiger partial charge in [0.1, 0.15) is 6.67 Å². The van der Waals surface area contributed by atoms with E-state index in [1.165, 1.54) is 17.2 Å². The predicted molar refractivity (Wildman–Crippen MR) is 70.7 cm³/mol. The van der Waals surface area contributed by atoms with E-state index >= 15 is 0 Å². The van der Waals surface area contributed by atoms with Crippen molar-refractivity contribution >= 4 is 0 Å². The molecular weight excluding hydrogens is 228 g/mol. The summed E-state index contributed by atoms with van der Waals surface area (Å²) in [4.78, 5) is 10.1. The van der Waals surface area contributed by atoms with Gasteiger partial charge in [-0.3, -0.25) is 15.0 Å². The third-order valence-electron chi connectivity index (χ3n) is 3.88. The molecule has 0 bridgehead atoms. The van der Waals surface area contributed by atoms with Crippen LogP contribution in [0.3, 0.4) is 0 Å². The molecule has 0 heterocycles. The highest BCUT2D eigenvalue weighted by atomic mass is 16.9. The SMILES string of the molecule is CCC1(NCN(OC)OC)CC1c1ccccc1. The summed E-state index contributed by atoms with van der Waals surface area (Å²) in [5.41, 5.74) is 1.60. The Balaban J connectivity index is 1.94. The van der Waals surface area contributed by atoms with Crippen molar-refractivity contribution in [2.24, 2.45) is 0 Å². The van der Waals surface area contributed by atoms with E-state index in [4.69, 9.17) is 9.68 Å². The van der Waals surface area contributed by atoms with Crippen molar-refractivity contribution in [3.8, 4) is 0 Å². The number of rotatable bonds is 7. The second-order valence-corrected chi connectivity index (χ2v) is 4.71. The summed E-state index contributed by atoms with van der Waals surface area (Å²) in [5.74, 6) is 0.597. The van der Waals surface area contributed by atoms with Crippen LogP contribution in [0.2, 0.25) is 0 Å². The Bertz CT molecular complexity index is 367. The smallest absolute Gasteiger partial charge is 0.102 e. The lowest BCUT2D eigenvalue weighted by molar-refractivity contribution is -0.346. The van der Waals surface area contributed by atoms with Crippen LogP contribution in [-0.4, -0.2) is 31.7 Å². The lowest BCUT2D eigenvalue weighted by Crippen LogP contribution is -2.41. The first-order chi connectivity index (χ1) is 8.75. The molecule has 18 heavy (non-hydrogen) atoms. The molecule has 2 rings (SSSR count). The molecule has 1 saturated carbocycles. The third-order valence-corrected chi connectivity index (χ3v) is 3.88. The summed E-state index contributed by atoms with van der Waals surface area (Å²) < 4.78 is 0. The average Bonchev–Trinajstić information content (AvgIpc) is 3.16. The number of hydrogen-bond acceptors (Lipinski definition) is 4. The Hall–Kier alpha value is -0.940. The normalized spacial score (nSPS) is 26.6. The van der Waals surface area contributed by atoms with Gasteiger partial charge in [-0.1, -0.05) is 42.5 Å². The van der Waals surface area contributed by atoms with Crippen molar-refractivity contribution in [2.75, 3.05) is 20.9 Å². The predicted octanol–water partition coefficient (Wildman–Crippen LogP) is 2.29. The molecule has 4 heteroatoms. The van der Waals surface area contributed by atoms with Crippen LogP contribution in [0.4, 0.5) is 0 Å². The van der Waals surface area contributed by atoms with Crippen molar-refractivity contribution in [1.29, 1.82) is 0 Å². The first kappa shape index (κ1) is 13.5. The quantitative estimate of drug-likeness (QED) is 0.594. The van der Waals surface area contributed by atoms with Crippen molar-refractivity contribution < 1.29 is 9.68 Å².